The standard InChI is InChI=1S/C33H25ClN2O6/c34-25-15-13-22(14-16-25)31(38)36-29(18-24-19-30(37)35-28-12-5-4-11-27(24)28)33(40)41-20-21-7-6-8-23(17-21)32(39)42-26-9-2-1-3-10-26/h1-17,19,29H,18,20H2,(H,35,37)(H,36,38)/t29-/m0/s1. The molecule has 4 aromatic carbocycles. The lowest BCUT2D eigenvalue weighted by molar-refractivity contribution is -0.147. The summed E-state index contributed by atoms with van der Waals surface area (Å²) in [5, 5.41) is 3.94. The van der Waals surface area contributed by atoms with Crippen LogP contribution in [0, 0.1) is 0 Å². The van der Waals surface area contributed by atoms with Gasteiger partial charge in [-0.1, -0.05) is 60.1 Å². The van der Waals surface area contributed by atoms with E-state index in [-0.39, 0.29) is 24.2 Å². The first-order valence-electron chi connectivity index (χ1n) is 13.1. The zero-order valence-corrected chi connectivity index (χ0v) is 23.0. The Hall–Kier alpha value is -5.21. The van der Waals surface area contributed by atoms with Crippen molar-refractivity contribution in [2.24, 2.45) is 0 Å². The van der Waals surface area contributed by atoms with Crippen LogP contribution in [0.1, 0.15) is 31.8 Å². The number of H-pyrrole nitrogens is 1. The molecule has 5 rings (SSSR count). The van der Waals surface area contributed by atoms with Crippen molar-refractivity contribution in [3.05, 3.63) is 147 Å². The first-order chi connectivity index (χ1) is 20.4. The van der Waals surface area contributed by atoms with Crippen molar-refractivity contribution in [2.45, 2.75) is 19.1 Å². The molecule has 0 radical (unpaired) electrons. The van der Waals surface area contributed by atoms with E-state index < -0.39 is 23.9 Å². The number of aromatic nitrogens is 1. The summed E-state index contributed by atoms with van der Waals surface area (Å²) in [5.41, 5.74) is 1.98. The van der Waals surface area contributed by atoms with E-state index in [0.717, 1.165) is 5.39 Å². The van der Waals surface area contributed by atoms with Gasteiger partial charge in [-0.3, -0.25) is 9.59 Å². The van der Waals surface area contributed by atoms with Crippen LogP contribution in [0.3, 0.4) is 0 Å². The van der Waals surface area contributed by atoms with E-state index in [0.29, 0.717) is 33.0 Å². The van der Waals surface area contributed by atoms with E-state index in [1.165, 1.54) is 6.07 Å². The maximum Gasteiger partial charge on any atom is 0.343 e. The fraction of sp³-hybridized carbons (Fsp3) is 0.0909. The third kappa shape index (κ3) is 7.10. The number of esters is 2. The van der Waals surface area contributed by atoms with E-state index in [1.54, 1.807) is 84.9 Å². The number of halogens is 1. The zero-order valence-electron chi connectivity index (χ0n) is 22.2. The van der Waals surface area contributed by atoms with Crippen molar-refractivity contribution in [2.75, 3.05) is 0 Å². The summed E-state index contributed by atoms with van der Waals surface area (Å²) in [5.74, 6) is -1.36. The Morgan fingerprint density at radius 3 is 2.33 bits per heavy atom. The van der Waals surface area contributed by atoms with Crippen molar-refractivity contribution in [3.8, 4) is 5.75 Å². The summed E-state index contributed by atoms with van der Waals surface area (Å²) in [6, 6.07) is 28.9. The Bertz CT molecular complexity index is 1800. The molecule has 0 unspecified atom stereocenters. The first-order valence-corrected chi connectivity index (χ1v) is 13.4. The lowest BCUT2D eigenvalue weighted by Gasteiger charge is -2.19. The molecule has 0 spiro atoms. The molecule has 8 nitrogen and oxygen atoms in total. The third-order valence-corrected chi connectivity index (χ3v) is 6.71. The van der Waals surface area contributed by atoms with E-state index in [2.05, 4.69) is 10.3 Å². The van der Waals surface area contributed by atoms with Crippen LogP contribution < -0.4 is 15.6 Å². The molecule has 42 heavy (non-hydrogen) atoms. The number of carbonyl (C=O) groups excluding carboxylic acids is 3. The quantitative estimate of drug-likeness (QED) is 0.176. The third-order valence-electron chi connectivity index (χ3n) is 6.45. The number of amides is 1. The smallest absolute Gasteiger partial charge is 0.343 e. The van der Waals surface area contributed by atoms with Crippen LogP contribution in [-0.4, -0.2) is 28.9 Å². The second-order valence-corrected chi connectivity index (χ2v) is 9.89. The van der Waals surface area contributed by atoms with E-state index in [9.17, 15) is 19.2 Å². The van der Waals surface area contributed by atoms with Gasteiger partial charge in [-0.05, 0) is 65.7 Å². The molecule has 5 aromatic rings. The minimum absolute atomic E-state index is 0.00599. The molecule has 1 heterocycles. The van der Waals surface area contributed by atoms with Crippen LogP contribution in [0.5, 0.6) is 5.75 Å². The zero-order chi connectivity index (χ0) is 29.5. The second kappa shape index (κ2) is 13.0. The highest BCUT2D eigenvalue weighted by Crippen LogP contribution is 2.18. The fourth-order valence-corrected chi connectivity index (χ4v) is 4.53. The predicted octanol–water partition coefficient (Wildman–Crippen LogP) is 5.49. The number of carbonyl (C=O) groups is 3. The normalized spacial score (nSPS) is 11.5. The maximum atomic E-state index is 13.4. The van der Waals surface area contributed by atoms with Crippen molar-refractivity contribution in [3.63, 3.8) is 0 Å². The number of rotatable bonds is 9. The van der Waals surface area contributed by atoms with Gasteiger partial charge in [0.1, 0.15) is 18.4 Å². The van der Waals surface area contributed by atoms with Gasteiger partial charge in [0.15, 0.2) is 0 Å². The Balaban J connectivity index is 1.34. The summed E-state index contributed by atoms with van der Waals surface area (Å²) in [4.78, 5) is 54.2. The summed E-state index contributed by atoms with van der Waals surface area (Å²) < 4.78 is 11.0. The van der Waals surface area contributed by atoms with E-state index in [4.69, 9.17) is 21.1 Å². The average molecular weight is 581 g/mol. The molecule has 0 fully saturated rings. The van der Waals surface area contributed by atoms with Gasteiger partial charge in [-0.2, -0.15) is 0 Å². The molecule has 0 aliphatic carbocycles. The van der Waals surface area contributed by atoms with Crippen LogP contribution in [0.4, 0.5) is 0 Å². The Morgan fingerprint density at radius 1 is 0.810 bits per heavy atom. The Kier molecular flexibility index (Phi) is 8.75. The van der Waals surface area contributed by atoms with Gasteiger partial charge < -0.3 is 19.8 Å². The molecule has 0 bridgehead atoms. The molecule has 0 aliphatic rings. The van der Waals surface area contributed by atoms with Crippen LogP contribution in [0.2, 0.25) is 5.02 Å². The van der Waals surface area contributed by atoms with Crippen molar-refractivity contribution in [1.82, 2.24) is 10.3 Å². The Labute approximate surface area is 245 Å². The average Bonchev–Trinajstić information content (AvgIpc) is 3.00. The van der Waals surface area contributed by atoms with Crippen molar-refractivity contribution in [1.29, 1.82) is 0 Å². The van der Waals surface area contributed by atoms with Crippen LogP contribution in [0.25, 0.3) is 10.9 Å². The predicted molar refractivity (Wildman–Crippen MR) is 159 cm³/mol. The van der Waals surface area contributed by atoms with Crippen LogP contribution >= 0.6 is 11.6 Å². The Morgan fingerprint density at radius 2 is 1.55 bits per heavy atom. The first kappa shape index (κ1) is 28.3. The van der Waals surface area contributed by atoms with Gasteiger partial charge in [-0.25, -0.2) is 9.59 Å². The molecule has 0 saturated heterocycles. The molecule has 0 aliphatic heterocycles. The van der Waals surface area contributed by atoms with Gasteiger partial charge in [0, 0.05) is 34.0 Å². The SMILES string of the molecule is O=C(N[C@@H](Cc1cc(=O)[nH]c2ccccc12)C(=O)OCc1cccc(C(=O)Oc2ccccc2)c1)c1ccc(Cl)cc1. The second-order valence-electron chi connectivity index (χ2n) is 9.45. The molecule has 210 valence electrons. The number of hydrogen-bond donors (Lipinski definition) is 2. The maximum absolute atomic E-state index is 13.4. The lowest BCUT2D eigenvalue weighted by Crippen LogP contribution is -2.43. The minimum atomic E-state index is -1.12. The highest BCUT2D eigenvalue weighted by molar-refractivity contribution is 6.30. The van der Waals surface area contributed by atoms with Gasteiger partial charge >= 0.3 is 11.9 Å². The molecular weight excluding hydrogens is 556 g/mol. The van der Waals surface area contributed by atoms with Gasteiger partial charge in [0.25, 0.3) is 5.91 Å². The van der Waals surface area contributed by atoms with E-state index in [1.807, 2.05) is 18.2 Å². The summed E-state index contributed by atoms with van der Waals surface area (Å²) >= 11 is 5.95. The summed E-state index contributed by atoms with van der Waals surface area (Å²) in [6.07, 6.45) is 0.00599. The highest BCUT2D eigenvalue weighted by atomic mass is 35.5. The van der Waals surface area contributed by atoms with Gasteiger partial charge in [0.05, 0.1) is 5.56 Å². The topological polar surface area (TPSA) is 115 Å². The number of ether oxygens (including phenoxy) is 2. The van der Waals surface area contributed by atoms with E-state index >= 15 is 0 Å². The molecule has 2 N–H and O–H groups in total. The molecule has 1 aromatic heterocycles. The molecule has 1 amide bonds. The summed E-state index contributed by atoms with van der Waals surface area (Å²) in [6.45, 7) is -0.158. The summed E-state index contributed by atoms with van der Waals surface area (Å²) in [7, 11) is 0. The number of aromatic amines is 1. The molecule has 1 atom stereocenters. The van der Waals surface area contributed by atoms with Gasteiger partial charge in [-0.15, -0.1) is 0 Å². The monoisotopic (exact) mass is 580 g/mol. The molecular formula is C33H25ClN2O6. The number of pyridine rings is 1. The van der Waals surface area contributed by atoms with Crippen molar-refractivity contribution < 1.29 is 23.9 Å². The number of fused-ring (bicyclic) bond motifs is 1. The minimum Gasteiger partial charge on any atom is -0.459 e. The highest BCUT2D eigenvalue weighted by Gasteiger charge is 2.25. The number of benzene rings is 4. The largest absolute Gasteiger partial charge is 0.459 e. The lowest BCUT2D eigenvalue weighted by atomic mass is 10.0. The number of hydrogen-bond acceptors (Lipinski definition) is 6. The molecule has 9 heteroatoms. The molecule has 0 saturated carbocycles. The van der Waals surface area contributed by atoms with Crippen LogP contribution in [-0.2, 0) is 22.6 Å². The number of para-hydroxylation sites is 2. The number of nitrogens with one attached hydrogen (secondary N) is 2. The van der Waals surface area contributed by atoms with Crippen molar-refractivity contribution >= 4 is 40.3 Å². The fourth-order valence-electron chi connectivity index (χ4n) is 4.40. The van der Waals surface area contributed by atoms with Crippen LogP contribution in [0.15, 0.2) is 114 Å². The van der Waals surface area contributed by atoms with Gasteiger partial charge in [0.2, 0.25) is 5.56 Å².